The lowest BCUT2D eigenvalue weighted by atomic mass is 10.1. The van der Waals surface area contributed by atoms with E-state index in [0.717, 1.165) is 16.3 Å². The van der Waals surface area contributed by atoms with Crippen molar-refractivity contribution in [1.29, 1.82) is 0 Å². The molecule has 2 aromatic rings. The van der Waals surface area contributed by atoms with Crippen LogP contribution in [0.1, 0.15) is 43.1 Å². The molecule has 0 saturated carbocycles. The van der Waals surface area contributed by atoms with Crippen LogP contribution >= 0.6 is 0 Å². The highest BCUT2D eigenvalue weighted by molar-refractivity contribution is 6.60. The second-order valence-electron chi connectivity index (χ2n) is 6.73. The number of para-hydroxylation sites is 1. The predicted octanol–water partition coefficient (Wildman–Crippen LogP) is 4.71. The highest BCUT2D eigenvalue weighted by Gasteiger charge is 2.39. The third kappa shape index (κ3) is 8.00. The first-order valence-corrected chi connectivity index (χ1v) is 12.6. The van der Waals surface area contributed by atoms with Crippen molar-refractivity contribution >= 4 is 26.6 Å². The van der Waals surface area contributed by atoms with Crippen LogP contribution in [0.5, 0.6) is 0 Å². The van der Waals surface area contributed by atoms with Crippen molar-refractivity contribution in [3.8, 4) is 0 Å². The third-order valence-electron chi connectivity index (χ3n) is 4.46. The molecule has 0 aromatic heterocycles. The minimum Gasteiger partial charge on any atom is -0.374 e. The fraction of sp³-hybridized carbons (Fsp3) is 0.391. The molecule has 0 aliphatic carbocycles. The van der Waals surface area contributed by atoms with E-state index in [1.54, 1.807) is 30.5 Å². The van der Waals surface area contributed by atoms with Crippen LogP contribution in [-0.4, -0.2) is 57.6 Å². The number of nitrogens with zero attached hydrogens (tertiary/aromatic N) is 2. The van der Waals surface area contributed by atoms with Gasteiger partial charge in [-0.2, -0.15) is 0 Å². The molecule has 7 nitrogen and oxygen atoms in total. The van der Waals surface area contributed by atoms with Gasteiger partial charge >= 0.3 is 8.80 Å². The Bertz CT molecular complexity index is 797. The van der Waals surface area contributed by atoms with Crippen LogP contribution in [0.2, 0.25) is 6.04 Å². The van der Waals surface area contributed by atoms with E-state index in [2.05, 4.69) is 4.99 Å². The van der Waals surface area contributed by atoms with Crippen molar-refractivity contribution in [2.75, 3.05) is 26.4 Å². The molecule has 0 heterocycles. The highest BCUT2D eigenvalue weighted by atomic mass is 28.4. The summed E-state index contributed by atoms with van der Waals surface area (Å²) in [6, 6.07) is 17.1. The van der Waals surface area contributed by atoms with Gasteiger partial charge in [-0.05, 0) is 57.0 Å². The largest absolute Gasteiger partial charge is 0.500 e. The molecule has 2 rings (SSSR count). The molecule has 0 saturated heterocycles. The summed E-state index contributed by atoms with van der Waals surface area (Å²) in [5.41, 5.74) is 2.13. The molecule has 0 unspecified atom stereocenters. The number of hydrogen-bond donors (Lipinski definition) is 1. The maximum Gasteiger partial charge on any atom is 0.500 e. The van der Waals surface area contributed by atoms with Crippen LogP contribution < -0.4 is 0 Å². The summed E-state index contributed by atoms with van der Waals surface area (Å²) in [4.78, 5) is 16.9. The van der Waals surface area contributed by atoms with Crippen LogP contribution in [-0.2, 0) is 13.3 Å². The van der Waals surface area contributed by atoms with Crippen LogP contribution in [0.3, 0.4) is 0 Å². The topological polar surface area (TPSA) is 80.6 Å². The Labute approximate surface area is 185 Å². The molecule has 1 amide bonds. The summed E-state index contributed by atoms with van der Waals surface area (Å²) in [5, 5.41) is 11.0. The van der Waals surface area contributed by atoms with E-state index in [1.165, 1.54) is 0 Å². The molecular weight excluding hydrogens is 412 g/mol. The Morgan fingerprint density at radius 1 is 0.968 bits per heavy atom. The molecule has 0 fully saturated rings. The number of amides is 1. The monoisotopic (exact) mass is 444 g/mol. The Morgan fingerprint density at radius 2 is 1.55 bits per heavy atom. The average Bonchev–Trinajstić information content (AvgIpc) is 2.79. The fourth-order valence-electron chi connectivity index (χ4n) is 3.07. The maximum absolute atomic E-state index is 12.5. The Hall–Kier alpha value is -2.36. The van der Waals surface area contributed by atoms with Gasteiger partial charge in [-0.1, -0.05) is 30.3 Å². The minimum atomic E-state index is -2.78. The Balaban J connectivity index is 1.91. The summed E-state index contributed by atoms with van der Waals surface area (Å²) in [5.74, 6) is -0.456. The van der Waals surface area contributed by atoms with E-state index >= 15 is 0 Å². The highest BCUT2D eigenvalue weighted by Crippen LogP contribution is 2.19. The van der Waals surface area contributed by atoms with E-state index in [9.17, 15) is 10.0 Å². The summed E-state index contributed by atoms with van der Waals surface area (Å²) in [6.07, 6.45) is 2.25. The quantitative estimate of drug-likeness (QED) is 0.209. The van der Waals surface area contributed by atoms with Gasteiger partial charge in [0, 0.05) is 44.2 Å². The van der Waals surface area contributed by atoms with Crippen molar-refractivity contribution in [2.45, 2.75) is 33.2 Å². The molecule has 0 atom stereocenters. The molecule has 1 N–H and O–H groups in total. The van der Waals surface area contributed by atoms with Gasteiger partial charge in [-0.25, -0.2) is 5.06 Å². The molecule has 8 heteroatoms. The third-order valence-corrected chi connectivity index (χ3v) is 7.61. The van der Waals surface area contributed by atoms with Gasteiger partial charge in [0.25, 0.3) is 5.91 Å². The van der Waals surface area contributed by atoms with Crippen LogP contribution in [0, 0.1) is 0 Å². The lowest BCUT2D eigenvalue weighted by Gasteiger charge is -2.28. The van der Waals surface area contributed by atoms with Gasteiger partial charge in [0.2, 0.25) is 0 Å². The van der Waals surface area contributed by atoms with Crippen molar-refractivity contribution in [3.05, 3.63) is 65.7 Å². The van der Waals surface area contributed by atoms with Gasteiger partial charge in [0.1, 0.15) is 0 Å². The minimum absolute atomic E-state index is 0.165. The standard InChI is InChI=1S/C23H32N2O5Si/c1-4-28-31(29-5-2,30-6-3)18-10-17-25(27)23(26)21-15-13-20(14-16-21)19-24-22-11-8-7-9-12-22/h7-9,11-16,19,27H,4-6,10,17-18H2,1-3H3. The normalized spacial score (nSPS) is 11.7. The number of aliphatic imine (C=N–C) groups is 1. The first-order chi connectivity index (χ1) is 15.0. The van der Waals surface area contributed by atoms with Crippen molar-refractivity contribution < 1.29 is 23.3 Å². The summed E-state index contributed by atoms with van der Waals surface area (Å²) >= 11 is 0. The van der Waals surface area contributed by atoms with E-state index in [0.29, 0.717) is 37.8 Å². The summed E-state index contributed by atoms with van der Waals surface area (Å²) in [6.45, 7) is 7.34. The number of hydroxylamine groups is 2. The molecular formula is C23H32N2O5Si. The lowest BCUT2D eigenvalue weighted by Crippen LogP contribution is -2.46. The first kappa shape index (κ1) is 24.9. The van der Waals surface area contributed by atoms with E-state index in [-0.39, 0.29) is 6.54 Å². The number of carbonyl (C=O) groups excluding carboxylic acids is 1. The molecule has 2 aromatic carbocycles. The summed E-state index contributed by atoms with van der Waals surface area (Å²) < 4.78 is 17.4. The van der Waals surface area contributed by atoms with Gasteiger partial charge in [-0.15, -0.1) is 0 Å². The second kappa shape index (κ2) is 13.1. The van der Waals surface area contributed by atoms with Gasteiger partial charge in [-0.3, -0.25) is 15.0 Å². The van der Waals surface area contributed by atoms with Gasteiger partial charge in [0.05, 0.1) is 5.69 Å². The fourth-order valence-corrected chi connectivity index (χ4v) is 5.67. The molecule has 0 aliphatic heterocycles. The predicted molar refractivity (Wildman–Crippen MR) is 123 cm³/mol. The molecule has 0 radical (unpaired) electrons. The summed E-state index contributed by atoms with van der Waals surface area (Å²) in [7, 11) is -2.78. The lowest BCUT2D eigenvalue weighted by molar-refractivity contribution is -0.0586. The smallest absolute Gasteiger partial charge is 0.374 e. The van der Waals surface area contributed by atoms with Crippen LogP contribution in [0.15, 0.2) is 59.6 Å². The van der Waals surface area contributed by atoms with E-state index < -0.39 is 14.7 Å². The molecule has 0 aliphatic rings. The Kier molecular flexibility index (Phi) is 10.6. The maximum atomic E-state index is 12.5. The van der Waals surface area contributed by atoms with Crippen molar-refractivity contribution in [2.24, 2.45) is 4.99 Å². The van der Waals surface area contributed by atoms with Crippen LogP contribution in [0.4, 0.5) is 5.69 Å². The van der Waals surface area contributed by atoms with E-state index in [4.69, 9.17) is 13.3 Å². The van der Waals surface area contributed by atoms with Crippen molar-refractivity contribution in [1.82, 2.24) is 5.06 Å². The molecule has 168 valence electrons. The first-order valence-electron chi connectivity index (χ1n) is 10.6. The molecule has 0 spiro atoms. The van der Waals surface area contributed by atoms with Crippen LogP contribution in [0.25, 0.3) is 0 Å². The molecule has 0 bridgehead atoms. The zero-order valence-electron chi connectivity index (χ0n) is 18.5. The molecule has 31 heavy (non-hydrogen) atoms. The number of rotatable bonds is 13. The van der Waals surface area contributed by atoms with Gasteiger partial charge in [0.15, 0.2) is 0 Å². The zero-order valence-corrected chi connectivity index (χ0v) is 19.5. The number of carbonyl (C=O) groups is 1. The SMILES string of the molecule is CCO[Si](CCCN(O)C(=O)c1ccc(C=Nc2ccccc2)cc1)(OCC)OCC. The Morgan fingerprint density at radius 3 is 2.10 bits per heavy atom. The second-order valence-corrected chi connectivity index (χ2v) is 9.46. The number of hydrogen-bond acceptors (Lipinski definition) is 6. The zero-order chi connectivity index (χ0) is 22.5. The van der Waals surface area contributed by atoms with Crippen molar-refractivity contribution in [3.63, 3.8) is 0 Å². The number of benzene rings is 2. The van der Waals surface area contributed by atoms with E-state index in [1.807, 2.05) is 51.1 Å². The average molecular weight is 445 g/mol. The van der Waals surface area contributed by atoms with Gasteiger partial charge < -0.3 is 13.3 Å².